The van der Waals surface area contributed by atoms with E-state index in [-0.39, 0.29) is 35.0 Å². The van der Waals surface area contributed by atoms with Crippen molar-refractivity contribution in [1.82, 2.24) is 0 Å². The first-order valence-electron chi connectivity index (χ1n) is 8.46. The lowest BCUT2D eigenvalue weighted by atomic mass is 10.1. The van der Waals surface area contributed by atoms with Crippen molar-refractivity contribution in [3.63, 3.8) is 0 Å². The van der Waals surface area contributed by atoms with Gasteiger partial charge in [0.2, 0.25) is 0 Å². The molecule has 0 aliphatic rings. The Hall–Kier alpha value is -3.87. The molecule has 0 amide bonds. The second-order valence-electron chi connectivity index (χ2n) is 5.75. The number of phenolic OH excluding ortho intramolecular Hbond substituents is 1. The molecule has 7 nitrogen and oxygen atoms in total. The van der Waals surface area contributed by atoms with E-state index in [1.807, 2.05) is 0 Å². The van der Waals surface area contributed by atoms with Crippen LogP contribution in [0.15, 0.2) is 74.4 Å². The lowest BCUT2D eigenvalue weighted by Gasteiger charge is -2.06. The van der Waals surface area contributed by atoms with Crippen LogP contribution in [0.1, 0.15) is 12.5 Å². The average Bonchev–Trinajstić information content (AvgIpc) is 2.69. The number of carbonyl (C=O) groups excluding carboxylic acids is 1. The van der Waals surface area contributed by atoms with Gasteiger partial charge in [0.05, 0.1) is 6.61 Å². The SMILES string of the molecule is CCOC(=O)/C(C=Nc1cc2ccc(O)cc2oc1=O)=C(/O)c1ccccc1. The maximum atomic E-state index is 12.3. The summed E-state index contributed by atoms with van der Waals surface area (Å²) in [7, 11) is 0. The number of aliphatic imine (C=N–C) groups is 1. The van der Waals surface area contributed by atoms with Gasteiger partial charge in [-0.05, 0) is 25.1 Å². The highest BCUT2D eigenvalue weighted by Gasteiger charge is 2.16. The standard InChI is InChI=1S/C21H17NO6/c1-2-27-20(25)16(19(24)13-6-4-3-5-7-13)12-22-17-10-14-8-9-15(23)11-18(14)28-21(17)26/h3-12,23-24H,2H2,1H3/b19-16+,22-12?. The van der Waals surface area contributed by atoms with Gasteiger partial charge < -0.3 is 19.4 Å². The largest absolute Gasteiger partial charge is 0.508 e. The van der Waals surface area contributed by atoms with Crippen molar-refractivity contribution in [2.45, 2.75) is 6.92 Å². The average molecular weight is 379 g/mol. The molecule has 2 aromatic carbocycles. The molecule has 28 heavy (non-hydrogen) atoms. The number of aliphatic hydroxyl groups excluding tert-OH is 1. The predicted octanol–water partition coefficient (Wildman–Crippen LogP) is 3.73. The molecule has 142 valence electrons. The fourth-order valence-electron chi connectivity index (χ4n) is 2.48. The number of nitrogens with zero attached hydrogens (tertiary/aromatic N) is 1. The summed E-state index contributed by atoms with van der Waals surface area (Å²) in [4.78, 5) is 28.4. The summed E-state index contributed by atoms with van der Waals surface area (Å²) < 4.78 is 10.1. The molecule has 0 aliphatic heterocycles. The van der Waals surface area contributed by atoms with Crippen LogP contribution in [0.4, 0.5) is 5.69 Å². The van der Waals surface area contributed by atoms with Crippen molar-refractivity contribution in [2.75, 3.05) is 6.61 Å². The van der Waals surface area contributed by atoms with E-state index >= 15 is 0 Å². The van der Waals surface area contributed by atoms with Gasteiger partial charge in [0.1, 0.15) is 28.4 Å². The topological polar surface area (TPSA) is 109 Å². The second kappa shape index (κ2) is 8.22. The van der Waals surface area contributed by atoms with Crippen molar-refractivity contribution >= 4 is 34.6 Å². The Bertz CT molecular complexity index is 1130. The van der Waals surface area contributed by atoms with Gasteiger partial charge in [-0.15, -0.1) is 0 Å². The molecule has 2 N–H and O–H groups in total. The number of phenols is 1. The molecule has 7 heteroatoms. The summed E-state index contributed by atoms with van der Waals surface area (Å²) >= 11 is 0. The maximum absolute atomic E-state index is 12.3. The van der Waals surface area contributed by atoms with Crippen LogP contribution in [0.25, 0.3) is 16.7 Å². The Morgan fingerprint density at radius 3 is 2.64 bits per heavy atom. The Kier molecular flexibility index (Phi) is 5.55. The number of ether oxygens (including phenoxy) is 1. The van der Waals surface area contributed by atoms with E-state index in [1.165, 1.54) is 18.2 Å². The van der Waals surface area contributed by atoms with E-state index in [9.17, 15) is 19.8 Å². The normalized spacial score (nSPS) is 12.2. The van der Waals surface area contributed by atoms with E-state index in [2.05, 4.69) is 4.99 Å². The molecule has 0 saturated carbocycles. The molecular weight excluding hydrogens is 362 g/mol. The molecule has 0 spiro atoms. The molecule has 0 bridgehead atoms. The molecule has 0 fully saturated rings. The fourth-order valence-corrected chi connectivity index (χ4v) is 2.48. The molecule has 1 heterocycles. The summed E-state index contributed by atoms with van der Waals surface area (Å²) in [5.41, 5.74) is -0.411. The summed E-state index contributed by atoms with van der Waals surface area (Å²) in [6.07, 6.45) is 1.07. The lowest BCUT2D eigenvalue weighted by Crippen LogP contribution is -2.11. The molecule has 0 atom stereocenters. The second-order valence-corrected chi connectivity index (χ2v) is 5.75. The van der Waals surface area contributed by atoms with Crippen LogP contribution in [-0.2, 0) is 9.53 Å². The minimum atomic E-state index is -0.775. The van der Waals surface area contributed by atoms with Crippen molar-refractivity contribution in [2.24, 2.45) is 4.99 Å². The van der Waals surface area contributed by atoms with Crippen LogP contribution >= 0.6 is 0 Å². The zero-order valence-electron chi connectivity index (χ0n) is 15.0. The molecule has 1 aromatic heterocycles. The van der Waals surface area contributed by atoms with Gasteiger partial charge in [-0.25, -0.2) is 14.6 Å². The van der Waals surface area contributed by atoms with Crippen molar-refractivity contribution in [1.29, 1.82) is 0 Å². The Labute approximate surface area is 159 Å². The summed E-state index contributed by atoms with van der Waals surface area (Å²) in [5, 5.41) is 20.5. The van der Waals surface area contributed by atoms with Crippen LogP contribution in [0, 0.1) is 0 Å². The van der Waals surface area contributed by atoms with Crippen molar-refractivity contribution in [3.05, 3.63) is 76.2 Å². The van der Waals surface area contributed by atoms with Gasteiger partial charge in [-0.2, -0.15) is 0 Å². The van der Waals surface area contributed by atoms with E-state index in [1.54, 1.807) is 43.3 Å². The summed E-state index contributed by atoms with van der Waals surface area (Å²) in [6.45, 7) is 1.75. The fraction of sp³-hybridized carbons (Fsp3) is 0.0952. The number of aliphatic hydroxyl groups is 1. The van der Waals surface area contributed by atoms with E-state index in [4.69, 9.17) is 9.15 Å². The smallest absolute Gasteiger partial charge is 0.362 e. The van der Waals surface area contributed by atoms with Crippen LogP contribution in [0.3, 0.4) is 0 Å². The monoisotopic (exact) mass is 379 g/mol. The maximum Gasteiger partial charge on any atom is 0.362 e. The Morgan fingerprint density at radius 2 is 1.93 bits per heavy atom. The van der Waals surface area contributed by atoms with Gasteiger partial charge in [0, 0.05) is 23.2 Å². The van der Waals surface area contributed by atoms with Gasteiger partial charge in [0.15, 0.2) is 0 Å². The first-order valence-corrected chi connectivity index (χ1v) is 8.46. The van der Waals surface area contributed by atoms with E-state index in [0.717, 1.165) is 6.21 Å². The molecule has 3 rings (SSSR count). The van der Waals surface area contributed by atoms with Crippen molar-refractivity contribution in [3.8, 4) is 5.75 Å². The van der Waals surface area contributed by atoms with Gasteiger partial charge in [-0.3, -0.25) is 0 Å². The molecule has 3 aromatic rings. The number of fused-ring (bicyclic) bond motifs is 1. The van der Waals surface area contributed by atoms with Crippen LogP contribution < -0.4 is 5.63 Å². The number of rotatable bonds is 5. The number of hydrogen-bond donors (Lipinski definition) is 2. The number of aromatic hydroxyl groups is 1. The van der Waals surface area contributed by atoms with Gasteiger partial charge in [0.25, 0.3) is 0 Å². The highest BCUT2D eigenvalue weighted by molar-refractivity contribution is 6.15. The van der Waals surface area contributed by atoms with E-state index in [0.29, 0.717) is 10.9 Å². The molecule has 0 aliphatic carbocycles. The zero-order valence-corrected chi connectivity index (χ0v) is 15.0. The minimum Gasteiger partial charge on any atom is -0.508 e. The number of hydrogen-bond acceptors (Lipinski definition) is 7. The minimum absolute atomic E-state index is 0.0350. The van der Waals surface area contributed by atoms with Crippen LogP contribution in [0.2, 0.25) is 0 Å². The highest BCUT2D eigenvalue weighted by atomic mass is 16.5. The quantitative estimate of drug-likeness (QED) is 0.230. The molecular formula is C21H17NO6. The lowest BCUT2D eigenvalue weighted by molar-refractivity contribution is -0.137. The van der Waals surface area contributed by atoms with Gasteiger partial charge >= 0.3 is 11.6 Å². The van der Waals surface area contributed by atoms with Crippen LogP contribution in [-0.4, -0.2) is 29.0 Å². The molecule has 0 radical (unpaired) electrons. The number of carbonyl (C=O) groups is 1. The first-order chi connectivity index (χ1) is 13.5. The predicted molar refractivity (Wildman–Crippen MR) is 105 cm³/mol. The molecule has 0 saturated heterocycles. The van der Waals surface area contributed by atoms with Gasteiger partial charge in [-0.1, -0.05) is 30.3 Å². The first kappa shape index (κ1) is 18.9. The molecule has 0 unspecified atom stereocenters. The third-order valence-electron chi connectivity index (χ3n) is 3.83. The van der Waals surface area contributed by atoms with Crippen molar-refractivity contribution < 1.29 is 24.2 Å². The highest BCUT2D eigenvalue weighted by Crippen LogP contribution is 2.22. The summed E-state index contributed by atoms with van der Waals surface area (Å²) in [5.74, 6) is -1.13. The van der Waals surface area contributed by atoms with E-state index < -0.39 is 11.6 Å². The third kappa shape index (κ3) is 4.09. The number of esters is 1. The Morgan fingerprint density at radius 1 is 1.18 bits per heavy atom. The van der Waals surface area contributed by atoms with Crippen LogP contribution in [0.5, 0.6) is 5.75 Å². The number of benzene rings is 2. The third-order valence-corrected chi connectivity index (χ3v) is 3.83. The zero-order chi connectivity index (χ0) is 20.1. The summed E-state index contributed by atoms with van der Waals surface area (Å²) in [6, 6.07) is 14.2. The Balaban J connectivity index is 2.06.